The number of hydrogen-bond donors (Lipinski definition) is 1. The zero-order chi connectivity index (χ0) is 14.2. The van der Waals surface area contributed by atoms with Gasteiger partial charge in [0, 0.05) is 6.54 Å². The van der Waals surface area contributed by atoms with E-state index in [1.807, 2.05) is 13.8 Å². The number of carbonyl (C=O) groups is 1. The van der Waals surface area contributed by atoms with Crippen LogP contribution < -0.4 is 0 Å². The number of likely N-dealkylation sites (tertiary alicyclic amines) is 1. The Labute approximate surface area is 115 Å². The number of benzene rings is 1. The van der Waals surface area contributed by atoms with E-state index in [1.165, 1.54) is 5.56 Å². The van der Waals surface area contributed by atoms with Crippen LogP contribution in [0.15, 0.2) is 12.1 Å². The molecule has 1 heterocycles. The summed E-state index contributed by atoms with van der Waals surface area (Å²) in [5.41, 5.74) is 4.45. The van der Waals surface area contributed by atoms with Gasteiger partial charge in [-0.2, -0.15) is 0 Å². The van der Waals surface area contributed by atoms with Gasteiger partial charge < -0.3 is 10.0 Å². The average molecular weight is 261 g/mol. The Balaban J connectivity index is 2.43. The summed E-state index contributed by atoms with van der Waals surface area (Å²) in [5.74, 6) is -0.830. The van der Waals surface area contributed by atoms with Gasteiger partial charge in [-0.1, -0.05) is 17.7 Å². The number of aliphatic carboxylic acids is 1. The normalized spacial score (nSPS) is 21.6. The lowest BCUT2D eigenvalue weighted by atomic mass is 9.80. The van der Waals surface area contributed by atoms with E-state index in [9.17, 15) is 9.90 Å². The number of carboxylic acid groups (broad SMARTS) is 1. The third-order valence-electron chi connectivity index (χ3n) is 4.21. The summed E-state index contributed by atoms with van der Waals surface area (Å²) in [5, 5.41) is 9.67. The van der Waals surface area contributed by atoms with E-state index in [0.29, 0.717) is 0 Å². The molecule has 104 valence electrons. The number of nitrogens with zero attached hydrogens (tertiary/aromatic N) is 1. The Kier molecular flexibility index (Phi) is 3.95. The number of hydrogen-bond acceptors (Lipinski definition) is 2. The minimum atomic E-state index is -0.685. The number of aryl methyl sites for hydroxylation is 3. The molecule has 0 aromatic heterocycles. The third-order valence-corrected chi connectivity index (χ3v) is 4.21. The topological polar surface area (TPSA) is 40.5 Å². The molecule has 1 saturated heterocycles. The van der Waals surface area contributed by atoms with Gasteiger partial charge in [0.2, 0.25) is 0 Å². The predicted molar refractivity (Wildman–Crippen MR) is 76.6 cm³/mol. The van der Waals surface area contributed by atoms with Gasteiger partial charge >= 0.3 is 5.97 Å². The predicted octanol–water partition coefficient (Wildman–Crippen LogP) is 2.73. The number of rotatable bonds is 3. The summed E-state index contributed by atoms with van der Waals surface area (Å²) >= 11 is 0. The van der Waals surface area contributed by atoms with Crippen molar-refractivity contribution in [3.8, 4) is 0 Å². The highest BCUT2D eigenvalue weighted by Crippen LogP contribution is 2.35. The van der Waals surface area contributed by atoms with Crippen LogP contribution in [-0.2, 0) is 4.79 Å². The first-order chi connectivity index (χ1) is 8.90. The lowest BCUT2D eigenvalue weighted by Crippen LogP contribution is -2.25. The van der Waals surface area contributed by atoms with E-state index in [4.69, 9.17) is 0 Å². The Hall–Kier alpha value is -1.35. The minimum absolute atomic E-state index is 0.225. The second kappa shape index (κ2) is 5.33. The number of carboxylic acids is 1. The van der Waals surface area contributed by atoms with Crippen LogP contribution in [0.1, 0.15) is 34.6 Å². The molecule has 1 aromatic carbocycles. The summed E-state index contributed by atoms with van der Waals surface area (Å²) in [4.78, 5) is 14.0. The minimum Gasteiger partial charge on any atom is -0.481 e. The molecule has 0 radical (unpaired) electrons. The molecular weight excluding hydrogens is 238 g/mol. The van der Waals surface area contributed by atoms with Crippen molar-refractivity contribution in [3.05, 3.63) is 34.4 Å². The van der Waals surface area contributed by atoms with Gasteiger partial charge in [-0.3, -0.25) is 4.79 Å². The SMILES string of the molecule is Cc1cc(C)c(C(C(=O)O)C2CCN(C)C2)c(C)c1. The van der Waals surface area contributed by atoms with E-state index in [0.717, 1.165) is 36.2 Å². The Morgan fingerprint density at radius 1 is 1.32 bits per heavy atom. The van der Waals surface area contributed by atoms with Gasteiger partial charge in [-0.15, -0.1) is 0 Å². The maximum atomic E-state index is 11.8. The molecule has 0 spiro atoms. The molecule has 19 heavy (non-hydrogen) atoms. The molecule has 3 heteroatoms. The van der Waals surface area contributed by atoms with Crippen LogP contribution in [0, 0.1) is 26.7 Å². The highest BCUT2D eigenvalue weighted by molar-refractivity contribution is 5.78. The van der Waals surface area contributed by atoms with Crippen LogP contribution in [-0.4, -0.2) is 36.1 Å². The molecule has 2 rings (SSSR count). The van der Waals surface area contributed by atoms with Gasteiger partial charge in [0.15, 0.2) is 0 Å². The molecule has 0 saturated carbocycles. The molecule has 3 nitrogen and oxygen atoms in total. The Morgan fingerprint density at radius 2 is 1.89 bits per heavy atom. The standard InChI is InChI=1S/C16H23NO2/c1-10-7-11(2)14(12(3)8-10)15(16(18)19)13-5-6-17(4)9-13/h7-8,13,15H,5-6,9H2,1-4H3,(H,18,19). The lowest BCUT2D eigenvalue weighted by molar-refractivity contribution is -0.140. The van der Waals surface area contributed by atoms with Crippen LogP contribution in [0.3, 0.4) is 0 Å². The van der Waals surface area contributed by atoms with E-state index < -0.39 is 5.97 Å². The maximum absolute atomic E-state index is 11.8. The van der Waals surface area contributed by atoms with Crippen molar-refractivity contribution in [1.82, 2.24) is 4.90 Å². The van der Waals surface area contributed by atoms with Crippen molar-refractivity contribution in [2.24, 2.45) is 5.92 Å². The van der Waals surface area contributed by atoms with Crippen LogP contribution in [0.2, 0.25) is 0 Å². The van der Waals surface area contributed by atoms with E-state index >= 15 is 0 Å². The molecule has 1 fully saturated rings. The second-order valence-corrected chi connectivity index (χ2v) is 5.94. The first kappa shape index (κ1) is 14.1. The molecule has 0 bridgehead atoms. The van der Waals surface area contributed by atoms with Crippen LogP contribution in [0.25, 0.3) is 0 Å². The Bertz CT molecular complexity index is 473. The summed E-state index contributed by atoms with van der Waals surface area (Å²) in [6.07, 6.45) is 0.972. The maximum Gasteiger partial charge on any atom is 0.311 e. The van der Waals surface area contributed by atoms with E-state index in [1.54, 1.807) is 0 Å². The zero-order valence-corrected chi connectivity index (χ0v) is 12.2. The second-order valence-electron chi connectivity index (χ2n) is 5.94. The van der Waals surface area contributed by atoms with E-state index in [2.05, 4.69) is 31.0 Å². The van der Waals surface area contributed by atoms with Gasteiger partial charge in [-0.05, 0) is 63.4 Å². The first-order valence-electron chi connectivity index (χ1n) is 6.89. The van der Waals surface area contributed by atoms with Crippen molar-refractivity contribution < 1.29 is 9.90 Å². The first-order valence-corrected chi connectivity index (χ1v) is 6.89. The zero-order valence-electron chi connectivity index (χ0n) is 12.2. The molecule has 0 aliphatic carbocycles. The van der Waals surface area contributed by atoms with Crippen LogP contribution in [0.4, 0.5) is 0 Å². The fourth-order valence-corrected chi connectivity index (χ4v) is 3.48. The molecular formula is C16H23NO2. The average Bonchev–Trinajstić information content (AvgIpc) is 2.69. The molecule has 1 aromatic rings. The summed E-state index contributed by atoms with van der Waals surface area (Å²) < 4.78 is 0. The summed E-state index contributed by atoms with van der Waals surface area (Å²) in [6.45, 7) is 8.00. The molecule has 2 unspecified atom stereocenters. The van der Waals surface area contributed by atoms with Crippen molar-refractivity contribution in [2.45, 2.75) is 33.1 Å². The third kappa shape index (κ3) is 2.81. The highest BCUT2D eigenvalue weighted by Gasteiger charge is 2.35. The van der Waals surface area contributed by atoms with Crippen molar-refractivity contribution >= 4 is 5.97 Å². The quantitative estimate of drug-likeness (QED) is 0.909. The fraction of sp³-hybridized carbons (Fsp3) is 0.562. The van der Waals surface area contributed by atoms with Crippen molar-refractivity contribution in [1.29, 1.82) is 0 Å². The largest absolute Gasteiger partial charge is 0.481 e. The van der Waals surface area contributed by atoms with Gasteiger partial charge in [-0.25, -0.2) is 0 Å². The molecule has 0 amide bonds. The monoisotopic (exact) mass is 261 g/mol. The molecule has 1 aliphatic rings. The summed E-state index contributed by atoms with van der Waals surface area (Å²) in [7, 11) is 2.06. The highest BCUT2D eigenvalue weighted by atomic mass is 16.4. The molecule has 2 atom stereocenters. The fourth-order valence-electron chi connectivity index (χ4n) is 3.48. The van der Waals surface area contributed by atoms with E-state index in [-0.39, 0.29) is 11.8 Å². The molecule has 1 N–H and O–H groups in total. The van der Waals surface area contributed by atoms with Crippen molar-refractivity contribution in [3.63, 3.8) is 0 Å². The van der Waals surface area contributed by atoms with Crippen LogP contribution in [0.5, 0.6) is 0 Å². The molecule has 1 aliphatic heterocycles. The van der Waals surface area contributed by atoms with Crippen molar-refractivity contribution in [2.75, 3.05) is 20.1 Å². The summed E-state index contributed by atoms with van der Waals surface area (Å²) in [6, 6.07) is 4.19. The van der Waals surface area contributed by atoms with Gasteiger partial charge in [0.1, 0.15) is 0 Å². The lowest BCUT2D eigenvalue weighted by Gasteiger charge is -2.24. The van der Waals surface area contributed by atoms with Gasteiger partial charge in [0.25, 0.3) is 0 Å². The Morgan fingerprint density at radius 3 is 2.32 bits per heavy atom. The van der Waals surface area contributed by atoms with Gasteiger partial charge in [0.05, 0.1) is 5.92 Å². The smallest absolute Gasteiger partial charge is 0.311 e. The van der Waals surface area contributed by atoms with Crippen LogP contribution >= 0.6 is 0 Å².